The lowest BCUT2D eigenvalue weighted by atomic mass is 9.96. The van der Waals surface area contributed by atoms with E-state index in [0.29, 0.717) is 5.92 Å². The number of nitrogens with zero attached hydrogens (tertiary/aromatic N) is 2. The summed E-state index contributed by atoms with van der Waals surface area (Å²) in [6.45, 7) is 2.96. The molecule has 0 saturated carbocycles. The van der Waals surface area contributed by atoms with Crippen LogP contribution in [-0.2, 0) is 6.54 Å². The number of hydrogen-bond donors (Lipinski definition) is 1. The Kier molecular flexibility index (Phi) is 1.83. The van der Waals surface area contributed by atoms with E-state index >= 15 is 0 Å². The monoisotopic (exact) mass is 180 g/mol. The van der Waals surface area contributed by atoms with Crippen molar-refractivity contribution in [3.63, 3.8) is 0 Å². The molecule has 0 radical (unpaired) electrons. The molecule has 1 aliphatic heterocycles. The van der Waals surface area contributed by atoms with E-state index in [9.17, 15) is 4.79 Å². The van der Waals surface area contributed by atoms with E-state index in [-0.39, 0.29) is 5.69 Å². The van der Waals surface area contributed by atoms with Crippen molar-refractivity contribution in [1.82, 2.24) is 9.55 Å². The average molecular weight is 180 g/mol. The molecule has 2 heterocycles. The third-order valence-corrected chi connectivity index (χ3v) is 2.58. The number of imidazole rings is 1. The lowest BCUT2D eigenvalue weighted by Crippen LogP contribution is -2.15. The second-order valence-electron chi connectivity index (χ2n) is 3.52. The molecule has 0 aliphatic carbocycles. The lowest BCUT2D eigenvalue weighted by molar-refractivity contribution is 0.0688. The van der Waals surface area contributed by atoms with Crippen LogP contribution >= 0.6 is 0 Å². The molecule has 0 spiro atoms. The van der Waals surface area contributed by atoms with E-state index in [1.54, 1.807) is 6.33 Å². The van der Waals surface area contributed by atoms with Crippen LogP contribution in [0.4, 0.5) is 0 Å². The first-order chi connectivity index (χ1) is 6.20. The zero-order valence-electron chi connectivity index (χ0n) is 7.53. The number of carboxylic acid groups (broad SMARTS) is 1. The third kappa shape index (κ3) is 1.22. The van der Waals surface area contributed by atoms with Gasteiger partial charge in [-0.1, -0.05) is 6.92 Å². The van der Waals surface area contributed by atoms with Gasteiger partial charge < -0.3 is 9.67 Å². The van der Waals surface area contributed by atoms with Gasteiger partial charge >= 0.3 is 5.97 Å². The van der Waals surface area contributed by atoms with Crippen LogP contribution in [0.3, 0.4) is 0 Å². The van der Waals surface area contributed by atoms with Crippen molar-refractivity contribution in [3.8, 4) is 0 Å². The van der Waals surface area contributed by atoms with Gasteiger partial charge in [0.05, 0.1) is 12.0 Å². The Bertz CT molecular complexity index is 343. The number of hydrogen-bond acceptors (Lipinski definition) is 2. The normalized spacial score (nSPS) is 21.2. The fraction of sp³-hybridized carbons (Fsp3) is 0.556. The van der Waals surface area contributed by atoms with Gasteiger partial charge in [-0.05, 0) is 18.8 Å². The summed E-state index contributed by atoms with van der Waals surface area (Å²) in [6.07, 6.45) is 3.81. The fourth-order valence-electron chi connectivity index (χ4n) is 1.96. The van der Waals surface area contributed by atoms with Crippen LogP contribution in [0, 0.1) is 0 Å². The van der Waals surface area contributed by atoms with Gasteiger partial charge in [0.1, 0.15) is 0 Å². The summed E-state index contributed by atoms with van der Waals surface area (Å²) in [7, 11) is 0. The summed E-state index contributed by atoms with van der Waals surface area (Å²) in [6, 6.07) is 0. The van der Waals surface area contributed by atoms with Gasteiger partial charge in [-0.15, -0.1) is 0 Å². The molecule has 0 fully saturated rings. The first kappa shape index (κ1) is 8.29. The van der Waals surface area contributed by atoms with Crippen LogP contribution in [-0.4, -0.2) is 20.6 Å². The van der Waals surface area contributed by atoms with E-state index in [4.69, 9.17) is 5.11 Å². The van der Waals surface area contributed by atoms with Gasteiger partial charge in [0.15, 0.2) is 5.69 Å². The highest BCUT2D eigenvalue weighted by molar-refractivity contribution is 5.86. The SMILES string of the molecule is CC1CCCn2cnc(C(=O)O)c21. The highest BCUT2D eigenvalue weighted by Crippen LogP contribution is 2.28. The smallest absolute Gasteiger partial charge is 0.356 e. The van der Waals surface area contributed by atoms with Crippen LogP contribution in [0.2, 0.25) is 0 Å². The molecule has 0 aromatic carbocycles. The number of aromatic nitrogens is 2. The summed E-state index contributed by atoms with van der Waals surface area (Å²) in [4.78, 5) is 14.7. The Morgan fingerprint density at radius 3 is 3.23 bits per heavy atom. The number of carboxylic acids is 1. The van der Waals surface area contributed by atoms with Gasteiger partial charge in [0.2, 0.25) is 0 Å². The van der Waals surface area contributed by atoms with Gasteiger partial charge in [-0.3, -0.25) is 0 Å². The van der Waals surface area contributed by atoms with Crippen LogP contribution < -0.4 is 0 Å². The van der Waals surface area contributed by atoms with E-state index in [1.165, 1.54) is 0 Å². The molecule has 1 unspecified atom stereocenters. The number of aryl methyl sites for hydroxylation is 1. The minimum absolute atomic E-state index is 0.229. The van der Waals surface area contributed by atoms with Gasteiger partial charge in [0.25, 0.3) is 0 Å². The van der Waals surface area contributed by atoms with Crippen LogP contribution in [0.1, 0.15) is 41.9 Å². The molecular formula is C9H12N2O2. The van der Waals surface area contributed by atoms with E-state index in [1.807, 2.05) is 4.57 Å². The second-order valence-corrected chi connectivity index (χ2v) is 3.52. The molecule has 1 atom stereocenters. The van der Waals surface area contributed by atoms with Crippen molar-refractivity contribution in [3.05, 3.63) is 17.7 Å². The van der Waals surface area contributed by atoms with Crippen LogP contribution in [0.25, 0.3) is 0 Å². The minimum atomic E-state index is -0.914. The molecule has 0 amide bonds. The Balaban J connectivity index is 2.50. The summed E-state index contributed by atoms with van der Waals surface area (Å²) < 4.78 is 1.96. The standard InChI is InChI=1S/C9H12N2O2/c1-6-3-2-4-11-5-10-7(8(6)11)9(12)13/h5-6H,2-4H2,1H3,(H,12,13). The summed E-state index contributed by atoms with van der Waals surface area (Å²) in [5.74, 6) is -0.593. The Morgan fingerprint density at radius 1 is 1.77 bits per heavy atom. The average Bonchev–Trinajstić information content (AvgIpc) is 2.49. The Morgan fingerprint density at radius 2 is 2.54 bits per heavy atom. The van der Waals surface area contributed by atoms with Gasteiger partial charge in [0, 0.05) is 6.54 Å². The topological polar surface area (TPSA) is 55.1 Å². The predicted molar refractivity (Wildman–Crippen MR) is 46.8 cm³/mol. The van der Waals surface area contributed by atoms with Crippen molar-refractivity contribution in [2.45, 2.75) is 32.2 Å². The summed E-state index contributed by atoms with van der Waals surface area (Å²) >= 11 is 0. The number of rotatable bonds is 1. The molecule has 1 aromatic heterocycles. The molecule has 0 bridgehead atoms. The number of carbonyl (C=O) groups is 1. The van der Waals surface area contributed by atoms with Gasteiger partial charge in [-0.25, -0.2) is 9.78 Å². The highest BCUT2D eigenvalue weighted by Gasteiger charge is 2.24. The van der Waals surface area contributed by atoms with Crippen molar-refractivity contribution >= 4 is 5.97 Å². The quantitative estimate of drug-likeness (QED) is 0.712. The van der Waals surface area contributed by atoms with E-state index in [2.05, 4.69) is 11.9 Å². The Hall–Kier alpha value is -1.32. The zero-order chi connectivity index (χ0) is 9.42. The van der Waals surface area contributed by atoms with Crippen molar-refractivity contribution < 1.29 is 9.90 Å². The molecule has 2 rings (SSSR count). The van der Waals surface area contributed by atoms with E-state index in [0.717, 1.165) is 25.1 Å². The lowest BCUT2D eigenvalue weighted by Gasteiger charge is -2.20. The largest absolute Gasteiger partial charge is 0.476 e. The van der Waals surface area contributed by atoms with E-state index < -0.39 is 5.97 Å². The predicted octanol–water partition coefficient (Wildman–Crippen LogP) is 1.48. The first-order valence-corrected chi connectivity index (χ1v) is 4.48. The fourth-order valence-corrected chi connectivity index (χ4v) is 1.96. The number of aromatic carboxylic acids is 1. The highest BCUT2D eigenvalue weighted by atomic mass is 16.4. The van der Waals surface area contributed by atoms with Crippen molar-refractivity contribution in [2.24, 2.45) is 0 Å². The molecule has 4 heteroatoms. The van der Waals surface area contributed by atoms with Crippen LogP contribution in [0.5, 0.6) is 0 Å². The maximum atomic E-state index is 10.8. The zero-order valence-corrected chi connectivity index (χ0v) is 7.53. The molecule has 13 heavy (non-hydrogen) atoms. The summed E-state index contributed by atoms with van der Waals surface area (Å²) in [5.41, 5.74) is 1.12. The van der Waals surface area contributed by atoms with Crippen molar-refractivity contribution in [2.75, 3.05) is 0 Å². The maximum Gasteiger partial charge on any atom is 0.356 e. The Labute approximate surface area is 76.2 Å². The maximum absolute atomic E-state index is 10.8. The minimum Gasteiger partial charge on any atom is -0.476 e. The molecule has 1 aromatic rings. The molecule has 70 valence electrons. The molecule has 1 N–H and O–H groups in total. The molecular weight excluding hydrogens is 168 g/mol. The molecule has 0 saturated heterocycles. The first-order valence-electron chi connectivity index (χ1n) is 4.48. The summed E-state index contributed by atoms with van der Waals surface area (Å²) in [5, 5.41) is 8.87. The van der Waals surface area contributed by atoms with Crippen LogP contribution in [0.15, 0.2) is 6.33 Å². The molecule has 4 nitrogen and oxygen atoms in total. The van der Waals surface area contributed by atoms with Crippen molar-refractivity contribution in [1.29, 1.82) is 0 Å². The second kappa shape index (κ2) is 2.87. The number of fused-ring (bicyclic) bond motifs is 1. The third-order valence-electron chi connectivity index (χ3n) is 2.58. The molecule has 1 aliphatic rings. The van der Waals surface area contributed by atoms with Gasteiger partial charge in [-0.2, -0.15) is 0 Å².